The van der Waals surface area contributed by atoms with Crippen molar-refractivity contribution >= 4 is 35.0 Å². The van der Waals surface area contributed by atoms with E-state index < -0.39 is 16.9 Å². The van der Waals surface area contributed by atoms with Crippen molar-refractivity contribution in [1.29, 1.82) is 0 Å². The lowest BCUT2D eigenvalue weighted by atomic mass is 10.0. The minimum absolute atomic E-state index is 0.0359. The molecule has 1 aromatic heterocycles. The van der Waals surface area contributed by atoms with Crippen molar-refractivity contribution in [3.63, 3.8) is 0 Å². The smallest absolute Gasteiger partial charge is 0.270 e. The number of nitro benzene ring substituents is 1. The molecule has 0 saturated heterocycles. The van der Waals surface area contributed by atoms with Gasteiger partial charge in [-0.05, 0) is 49.1 Å². The quantitative estimate of drug-likeness (QED) is 0.258. The van der Waals surface area contributed by atoms with Crippen LogP contribution in [0.3, 0.4) is 0 Å². The van der Waals surface area contributed by atoms with E-state index >= 15 is 0 Å². The molecule has 2 amide bonds. The highest BCUT2D eigenvalue weighted by molar-refractivity contribution is 7.99. The summed E-state index contributed by atoms with van der Waals surface area (Å²) in [4.78, 5) is 35.8. The zero-order valence-corrected chi connectivity index (χ0v) is 21.0. The van der Waals surface area contributed by atoms with Crippen molar-refractivity contribution < 1.29 is 14.5 Å². The van der Waals surface area contributed by atoms with Gasteiger partial charge in [0.25, 0.3) is 11.6 Å². The average molecular weight is 497 g/mol. The molecule has 1 atom stereocenters. The molecule has 0 aliphatic heterocycles. The molecule has 2 aromatic carbocycles. The number of carbonyl (C=O) groups is 2. The van der Waals surface area contributed by atoms with Gasteiger partial charge in [0, 0.05) is 30.4 Å². The molecule has 3 rings (SSSR count). The van der Waals surface area contributed by atoms with Gasteiger partial charge in [0.1, 0.15) is 0 Å². The van der Waals surface area contributed by atoms with Crippen LogP contribution in [0.2, 0.25) is 0 Å². The van der Waals surface area contributed by atoms with Gasteiger partial charge in [0.05, 0.1) is 16.7 Å². The minimum atomic E-state index is -0.543. The van der Waals surface area contributed by atoms with Gasteiger partial charge in [0.15, 0.2) is 11.0 Å². The summed E-state index contributed by atoms with van der Waals surface area (Å²) < 4.78 is 1.74. The Morgan fingerprint density at radius 3 is 2.43 bits per heavy atom. The molecule has 0 spiro atoms. The Balaban J connectivity index is 1.69. The molecule has 1 heterocycles. The number of nitrogens with one attached hydrogen (secondary N) is 2. The molecule has 0 unspecified atom stereocenters. The summed E-state index contributed by atoms with van der Waals surface area (Å²) in [5.74, 6) is 0.0225. The Bertz CT molecular complexity index is 1240. The van der Waals surface area contributed by atoms with Crippen LogP contribution in [0.5, 0.6) is 0 Å². The standard InChI is InChI=1S/C24H28N6O4S/c1-14(2)21(26-23(32)17-7-6-8-19(12-17)30(33)34)22-27-28-24(29(22)5)35-13-20(31)25-18-10-15(3)9-16(4)11-18/h6-12,14,21H,13H2,1-5H3,(H,25,31)(H,26,32)/t21-/m0/s1. The number of carbonyl (C=O) groups excluding carboxylic acids is 2. The van der Waals surface area contributed by atoms with Crippen LogP contribution in [-0.2, 0) is 11.8 Å². The van der Waals surface area contributed by atoms with E-state index in [0.29, 0.717) is 11.0 Å². The molecule has 3 aromatic rings. The second-order valence-corrected chi connectivity index (χ2v) is 9.56. The van der Waals surface area contributed by atoms with Gasteiger partial charge in [-0.2, -0.15) is 0 Å². The maximum atomic E-state index is 12.8. The largest absolute Gasteiger partial charge is 0.342 e. The lowest BCUT2D eigenvalue weighted by molar-refractivity contribution is -0.384. The lowest BCUT2D eigenvalue weighted by Crippen LogP contribution is -2.33. The highest BCUT2D eigenvalue weighted by Crippen LogP contribution is 2.25. The summed E-state index contributed by atoms with van der Waals surface area (Å²) in [6.07, 6.45) is 0. The van der Waals surface area contributed by atoms with Crippen LogP contribution in [0.4, 0.5) is 11.4 Å². The van der Waals surface area contributed by atoms with Gasteiger partial charge in [-0.3, -0.25) is 19.7 Å². The molecule has 0 saturated carbocycles. The zero-order valence-electron chi connectivity index (χ0n) is 20.2. The van der Waals surface area contributed by atoms with E-state index in [9.17, 15) is 19.7 Å². The molecule has 0 aliphatic rings. The van der Waals surface area contributed by atoms with Crippen LogP contribution in [0.15, 0.2) is 47.6 Å². The monoisotopic (exact) mass is 496 g/mol. The molecule has 35 heavy (non-hydrogen) atoms. The third kappa shape index (κ3) is 6.66. The first-order valence-corrected chi connectivity index (χ1v) is 12.0. The van der Waals surface area contributed by atoms with Crippen molar-refractivity contribution in [3.05, 3.63) is 75.1 Å². The number of nitrogens with zero attached hydrogens (tertiary/aromatic N) is 4. The van der Waals surface area contributed by atoms with Crippen molar-refractivity contribution in [2.75, 3.05) is 11.1 Å². The molecule has 0 radical (unpaired) electrons. The fourth-order valence-electron chi connectivity index (χ4n) is 3.61. The van der Waals surface area contributed by atoms with Gasteiger partial charge in [-0.25, -0.2) is 0 Å². The van der Waals surface area contributed by atoms with E-state index in [2.05, 4.69) is 20.8 Å². The van der Waals surface area contributed by atoms with Crippen molar-refractivity contribution in [2.24, 2.45) is 13.0 Å². The molecule has 2 N–H and O–H groups in total. The Morgan fingerprint density at radius 1 is 1.11 bits per heavy atom. The SMILES string of the molecule is Cc1cc(C)cc(NC(=O)CSc2nnc([C@@H](NC(=O)c3cccc([N+](=O)[O-])c3)C(C)C)n2C)c1. The number of hydrogen-bond acceptors (Lipinski definition) is 7. The average Bonchev–Trinajstić information content (AvgIpc) is 3.14. The van der Waals surface area contributed by atoms with E-state index in [1.165, 1.54) is 36.0 Å². The van der Waals surface area contributed by atoms with Crippen molar-refractivity contribution in [3.8, 4) is 0 Å². The number of thioether (sulfide) groups is 1. The summed E-state index contributed by atoms with van der Waals surface area (Å²) in [6, 6.07) is 10.9. The van der Waals surface area contributed by atoms with E-state index in [1.54, 1.807) is 11.6 Å². The van der Waals surface area contributed by atoms with Crippen LogP contribution >= 0.6 is 11.8 Å². The zero-order chi connectivity index (χ0) is 25.7. The van der Waals surface area contributed by atoms with E-state index in [-0.39, 0.29) is 28.8 Å². The summed E-state index contributed by atoms with van der Waals surface area (Å²) in [5, 5.41) is 25.8. The molecule has 10 nitrogen and oxygen atoms in total. The minimum Gasteiger partial charge on any atom is -0.342 e. The van der Waals surface area contributed by atoms with E-state index in [1.807, 2.05) is 45.9 Å². The predicted octanol–water partition coefficient (Wildman–Crippen LogP) is 4.20. The number of anilines is 1. The van der Waals surface area contributed by atoms with E-state index in [4.69, 9.17) is 0 Å². The van der Waals surface area contributed by atoms with Gasteiger partial charge in [-0.1, -0.05) is 37.7 Å². The molecular formula is C24H28N6O4S. The predicted molar refractivity (Wildman–Crippen MR) is 134 cm³/mol. The van der Waals surface area contributed by atoms with Crippen LogP contribution in [0.25, 0.3) is 0 Å². The summed E-state index contributed by atoms with van der Waals surface area (Å²) >= 11 is 1.24. The van der Waals surface area contributed by atoms with Crippen LogP contribution in [0, 0.1) is 29.9 Å². The number of rotatable bonds is 9. The first-order valence-electron chi connectivity index (χ1n) is 11.0. The number of aryl methyl sites for hydroxylation is 2. The van der Waals surface area contributed by atoms with Crippen molar-refractivity contribution in [1.82, 2.24) is 20.1 Å². The van der Waals surface area contributed by atoms with E-state index in [0.717, 1.165) is 16.8 Å². The molecular weight excluding hydrogens is 468 g/mol. The van der Waals surface area contributed by atoms with Gasteiger partial charge in [-0.15, -0.1) is 10.2 Å². The Morgan fingerprint density at radius 2 is 1.80 bits per heavy atom. The second kappa shape index (κ2) is 11.1. The number of nitro groups is 1. The van der Waals surface area contributed by atoms with Crippen LogP contribution < -0.4 is 10.6 Å². The Hall–Kier alpha value is -3.73. The Kier molecular flexibility index (Phi) is 8.23. The fraction of sp³-hybridized carbons (Fsp3) is 0.333. The molecule has 11 heteroatoms. The number of hydrogen-bond donors (Lipinski definition) is 2. The fourth-order valence-corrected chi connectivity index (χ4v) is 4.33. The maximum absolute atomic E-state index is 12.8. The molecule has 0 fully saturated rings. The first-order chi connectivity index (χ1) is 16.5. The maximum Gasteiger partial charge on any atom is 0.270 e. The summed E-state index contributed by atoms with van der Waals surface area (Å²) in [6.45, 7) is 7.80. The third-order valence-electron chi connectivity index (χ3n) is 5.26. The number of aromatic nitrogens is 3. The van der Waals surface area contributed by atoms with Crippen LogP contribution in [0.1, 0.15) is 47.2 Å². The summed E-state index contributed by atoms with van der Waals surface area (Å²) in [7, 11) is 1.77. The van der Waals surface area contributed by atoms with Crippen LogP contribution in [-0.4, -0.2) is 37.3 Å². The highest BCUT2D eigenvalue weighted by atomic mass is 32.2. The third-order valence-corrected chi connectivity index (χ3v) is 6.28. The van der Waals surface area contributed by atoms with Gasteiger partial charge in [0.2, 0.25) is 5.91 Å². The topological polar surface area (TPSA) is 132 Å². The first kappa shape index (κ1) is 25.9. The highest BCUT2D eigenvalue weighted by Gasteiger charge is 2.26. The normalized spacial score (nSPS) is 11.8. The number of non-ortho nitro benzene ring substituents is 1. The van der Waals surface area contributed by atoms with Crippen molar-refractivity contribution in [2.45, 2.75) is 38.9 Å². The number of benzene rings is 2. The lowest BCUT2D eigenvalue weighted by Gasteiger charge is -2.21. The molecule has 184 valence electrons. The second-order valence-electron chi connectivity index (χ2n) is 8.62. The summed E-state index contributed by atoms with van der Waals surface area (Å²) in [5.41, 5.74) is 2.91. The Labute approximate surface area is 207 Å². The van der Waals surface area contributed by atoms with Gasteiger partial charge < -0.3 is 15.2 Å². The molecule has 0 bridgehead atoms. The molecule has 0 aliphatic carbocycles. The number of amides is 2. The van der Waals surface area contributed by atoms with Gasteiger partial charge >= 0.3 is 0 Å².